The molecule has 0 aromatic heterocycles. The minimum atomic E-state index is -3.84. The number of hydrogen-bond acceptors (Lipinski definition) is 5. The van der Waals surface area contributed by atoms with E-state index in [0.717, 1.165) is 61.3 Å². The maximum atomic E-state index is 14.7. The molecule has 5 nitrogen and oxygen atoms in total. The molecule has 0 aliphatic heterocycles. The zero-order valence-corrected chi connectivity index (χ0v) is 32.3. The molecule has 7 heteroatoms. The van der Waals surface area contributed by atoms with Crippen molar-refractivity contribution in [1.29, 1.82) is 0 Å². The van der Waals surface area contributed by atoms with Gasteiger partial charge in [0.05, 0.1) is 5.30 Å². The number of benzene rings is 6. The van der Waals surface area contributed by atoms with Gasteiger partial charge in [-0.05, 0) is 137 Å². The Labute approximate surface area is 304 Å². The quantitative estimate of drug-likeness (QED) is 0.125. The van der Waals surface area contributed by atoms with E-state index in [1.807, 2.05) is 100 Å². The average Bonchev–Trinajstić information content (AvgIpc) is 3.09. The lowest BCUT2D eigenvalue weighted by Gasteiger charge is -2.28. The Hall–Kier alpha value is -4.66. The van der Waals surface area contributed by atoms with Crippen LogP contribution in [0, 0.1) is 55.4 Å². The Balaban J connectivity index is 1.29. The molecule has 0 unspecified atom stereocenters. The van der Waals surface area contributed by atoms with E-state index in [1.54, 1.807) is 0 Å². The second kappa shape index (κ2) is 15.3. The summed E-state index contributed by atoms with van der Waals surface area (Å²) in [6, 6.07) is 39.8. The minimum Gasteiger partial charge on any atom is -0.612 e. The van der Waals surface area contributed by atoms with Crippen LogP contribution in [0.4, 0.5) is 0 Å². The van der Waals surface area contributed by atoms with Gasteiger partial charge in [-0.3, -0.25) is 0 Å². The van der Waals surface area contributed by atoms with Crippen molar-refractivity contribution in [2.75, 3.05) is 0 Å². The van der Waals surface area contributed by atoms with Crippen LogP contribution in [0.1, 0.15) is 44.5 Å². The van der Waals surface area contributed by atoms with Gasteiger partial charge in [0.15, 0.2) is 16.8 Å². The first kappa shape index (κ1) is 36.1. The van der Waals surface area contributed by atoms with Crippen LogP contribution in [0.5, 0.6) is 23.0 Å². The summed E-state index contributed by atoms with van der Waals surface area (Å²) in [5.74, 6) is 2.64. The molecule has 0 heterocycles. The second-order valence-electron chi connectivity index (χ2n) is 13.3. The van der Waals surface area contributed by atoms with Crippen molar-refractivity contribution >= 4 is 26.9 Å². The molecule has 6 aromatic carbocycles. The van der Waals surface area contributed by atoms with E-state index in [0.29, 0.717) is 16.8 Å². The van der Waals surface area contributed by atoms with Crippen LogP contribution < -0.4 is 33.6 Å². The molecule has 0 atom stereocenters. The van der Waals surface area contributed by atoms with Gasteiger partial charge in [0.25, 0.3) is 0 Å². The van der Waals surface area contributed by atoms with Crippen molar-refractivity contribution in [3.05, 3.63) is 166 Å². The highest BCUT2D eigenvalue weighted by Crippen LogP contribution is 2.52. The lowest BCUT2D eigenvalue weighted by atomic mass is 10.1. The molecule has 260 valence electrons. The monoisotopic (exact) mass is 714 g/mol. The van der Waals surface area contributed by atoms with Crippen LogP contribution in [-0.4, -0.2) is 0 Å². The summed E-state index contributed by atoms with van der Waals surface area (Å²) in [6.07, 6.45) is 0. The smallest absolute Gasteiger partial charge is 0.365 e. The van der Waals surface area contributed by atoms with Crippen LogP contribution in [0.15, 0.2) is 121 Å². The molecule has 0 aliphatic rings. The van der Waals surface area contributed by atoms with Crippen LogP contribution in [0.3, 0.4) is 0 Å². The van der Waals surface area contributed by atoms with E-state index < -0.39 is 16.3 Å². The molecular weight excluding hydrogens is 670 g/mol. The van der Waals surface area contributed by atoms with Crippen LogP contribution in [0.2, 0.25) is 0 Å². The summed E-state index contributed by atoms with van der Waals surface area (Å²) >= 11 is 0. The summed E-state index contributed by atoms with van der Waals surface area (Å²) in [5.41, 5.74) is 10.4. The third-order valence-corrected chi connectivity index (χ3v) is 12.0. The van der Waals surface area contributed by atoms with Gasteiger partial charge in [0.2, 0.25) is 0 Å². The molecule has 0 bridgehead atoms. The SMILES string of the molecule is Cc1ccc(OP(Oc2ccc(C)cc2C)c2ccc(-c3ccc([P+]([O-])(Oc4ccc(C)cc4C)Oc4ccc(C)cc4C)cc3)cc2)c(C)c1. The molecule has 6 aromatic rings. The molecule has 0 saturated carbocycles. The van der Waals surface area contributed by atoms with Gasteiger partial charge in [0, 0.05) is 0 Å². The van der Waals surface area contributed by atoms with Crippen LogP contribution in [0.25, 0.3) is 11.1 Å². The van der Waals surface area contributed by atoms with Crippen molar-refractivity contribution in [2.24, 2.45) is 0 Å². The summed E-state index contributed by atoms with van der Waals surface area (Å²) in [4.78, 5) is 14.7. The Morgan fingerprint density at radius 2 is 0.745 bits per heavy atom. The topological polar surface area (TPSA) is 60.0 Å². The normalized spacial score (nSPS) is 11.4. The van der Waals surface area contributed by atoms with Gasteiger partial charge in [-0.2, -0.15) is 0 Å². The number of hydrogen-bond donors (Lipinski definition) is 0. The molecule has 0 saturated heterocycles. The van der Waals surface area contributed by atoms with Gasteiger partial charge in [-0.1, -0.05) is 95.1 Å². The van der Waals surface area contributed by atoms with Crippen LogP contribution in [-0.2, 0) is 0 Å². The highest BCUT2D eigenvalue weighted by Gasteiger charge is 2.38. The lowest BCUT2D eigenvalue weighted by molar-refractivity contribution is -0.197. The number of aryl methyl sites for hydroxylation is 8. The second-order valence-corrected chi connectivity index (χ2v) is 16.6. The first-order valence-corrected chi connectivity index (χ1v) is 19.7. The fourth-order valence-electron chi connectivity index (χ4n) is 5.90. The molecule has 51 heavy (non-hydrogen) atoms. The highest BCUT2D eigenvalue weighted by atomic mass is 31.2. The Morgan fingerprint density at radius 1 is 0.412 bits per heavy atom. The van der Waals surface area contributed by atoms with Crippen molar-refractivity contribution in [1.82, 2.24) is 0 Å². The first-order chi connectivity index (χ1) is 24.4. The van der Waals surface area contributed by atoms with E-state index >= 15 is 0 Å². The summed E-state index contributed by atoms with van der Waals surface area (Å²) < 4.78 is 25.7. The molecule has 0 N–H and O–H groups in total. The molecule has 0 fully saturated rings. The Kier molecular flexibility index (Phi) is 10.8. The summed E-state index contributed by atoms with van der Waals surface area (Å²) in [5, 5.41) is 1.41. The van der Waals surface area contributed by atoms with Gasteiger partial charge in [-0.25, -0.2) is 0 Å². The molecule has 0 amide bonds. The maximum Gasteiger partial charge on any atom is 0.365 e. The van der Waals surface area contributed by atoms with E-state index in [1.165, 1.54) is 11.1 Å². The van der Waals surface area contributed by atoms with E-state index in [9.17, 15) is 4.89 Å². The third kappa shape index (κ3) is 8.63. The predicted octanol–water partition coefficient (Wildman–Crippen LogP) is 10.8. The predicted molar refractivity (Wildman–Crippen MR) is 211 cm³/mol. The average molecular weight is 715 g/mol. The van der Waals surface area contributed by atoms with E-state index in [2.05, 4.69) is 76.2 Å². The lowest BCUT2D eigenvalue weighted by Crippen LogP contribution is -2.31. The Bertz CT molecular complexity index is 2050. The van der Waals surface area contributed by atoms with Gasteiger partial charge < -0.3 is 23.0 Å². The van der Waals surface area contributed by atoms with E-state index in [-0.39, 0.29) is 0 Å². The maximum absolute atomic E-state index is 14.7. The highest BCUT2D eigenvalue weighted by molar-refractivity contribution is 7.68. The first-order valence-electron chi connectivity index (χ1n) is 17.0. The van der Waals surface area contributed by atoms with Crippen molar-refractivity contribution in [2.45, 2.75) is 55.4 Å². The zero-order chi connectivity index (χ0) is 36.3. The van der Waals surface area contributed by atoms with E-state index in [4.69, 9.17) is 18.1 Å². The Morgan fingerprint density at radius 3 is 1.10 bits per heavy atom. The largest absolute Gasteiger partial charge is 0.612 e. The van der Waals surface area contributed by atoms with Gasteiger partial charge in [0.1, 0.15) is 11.5 Å². The van der Waals surface area contributed by atoms with Crippen LogP contribution >= 0.6 is 16.3 Å². The number of rotatable bonds is 11. The fourth-order valence-corrected chi connectivity index (χ4v) is 9.00. The third-order valence-electron chi connectivity index (χ3n) is 8.72. The van der Waals surface area contributed by atoms with Crippen molar-refractivity contribution in [3.63, 3.8) is 0 Å². The molecule has 0 aliphatic carbocycles. The van der Waals surface area contributed by atoms with Crippen molar-refractivity contribution in [3.8, 4) is 34.1 Å². The van der Waals surface area contributed by atoms with Gasteiger partial charge in [-0.15, -0.1) is 0 Å². The summed E-state index contributed by atoms with van der Waals surface area (Å²) in [7, 11) is -5.33. The standard InChI is InChI=1S/C44H44O5P2/c1-29-9-21-41(33(5)25-29)46-50(47-42-22-10-30(2)26-34(42)6)39-17-13-37(14-18-39)38-15-19-40(20-16-38)51(45,48-43-23-11-31(3)27-35(43)7)49-44-24-12-32(4)28-36(44)8/h9-28H,1-8H3. The molecule has 0 radical (unpaired) electrons. The van der Waals surface area contributed by atoms with Crippen molar-refractivity contribution < 1.29 is 23.0 Å². The fraction of sp³-hybridized carbons (Fsp3) is 0.182. The minimum absolute atomic E-state index is 0.468. The summed E-state index contributed by atoms with van der Waals surface area (Å²) in [6.45, 7) is 16.2. The molecule has 0 spiro atoms. The molecular formula is C44H44O5P2. The van der Waals surface area contributed by atoms with Gasteiger partial charge >= 0.3 is 16.3 Å². The molecule has 6 rings (SSSR count). The zero-order valence-electron chi connectivity index (χ0n) is 30.5.